The molecule has 21 heavy (non-hydrogen) atoms. The van der Waals surface area contributed by atoms with Gasteiger partial charge in [-0.15, -0.1) is 0 Å². The lowest BCUT2D eigenvalue weighted by Gasteiger charge is -2.33. The fraction of sp³-hybridized carbons (Fsp3) is 0.438. The van der Waals surface area contributed by atoms with E-state index in [1.54, 1.807) is 0 Å². The smallest absolute Gasteiger partial charge is 0.404 e. The van der Waals surface area contributed by atoms with Gasteiger partial charge >= 0.3 is 6.09 Å². The summed E-state index contributed by atoms with van der Waals surface area (Å²) in [5.41, 5.74) is 3.35. The average molecular weight is 286 g/mol. The Hall–Kier alpha value is -2.10. The minimum atomic E-state index is -1.03. The molecular weight excluding hydrogens is 268 g/mol. The molecule has 1 fully saturated rings. The van der Waals surface area contributed by atoms with Crippen molar-refractivity contribution in [2.45, 2.75) is 37.9 Å². The highest BCUT2D eigenvalue weighted by molar-refractivity contribution is 5.66. The fourth-order valence-corrected chi connectivity index (χ4v) is 3.44. The number of hydrogen-bond donors (Lipinski definition) is 2. The van der Waals surface area contributed by atoms with Crippen molar-refractivity contribution in [3.05, 3.63) is 41.0 Å². The topological polar surface area (TPSA) is 69.6 Å². The van der Waals surface area contributed by atoms with Crippen LogP contribution in [0.15, 0.2) is 29.8 Å². The molecule has 3 rings (SSSR count). The minimum absolute atomic E-state index is 0.00714. The Balaban J connectivity index is 1.75. The molecule has 2 atom stereocenters. The quantitative estimate of drug-likeness (QED) is 0.810. The van der Waals surface area contributed by atoms with Crippen molar-refractivity contribution in [2.24, 2.45) is 0 Å². The maximum absolute atomic E-state index is 11.2. The van der Waals surface area contributed by atoms with Crippen LogP contribution in [-0.4, -0.2) is 40.7 Å². The number of amides is 1. The number of carbonyl (C=O) groups is 1. The van der Waals surface area contributed by atoms with Crippen LogP contribution in [0.1, 0.15) is 24.0 Å². The summed E-state index contributed by atoms with van der Waals surface area (Å²) in [6, 6.07) is 8.17. The largest absolute Gasteiger partial charge is 0.465 e. The highest BCUT2D eigenvalue weighted by atomic mass is 16.4. The number of hydrogen-bond acceptors (Lipinski definition) is 3. The molecule has 110 valence electrons. The Morgan fingerprint density at radius 1 is 1.33 bits per heavy atom. The van der Waals surface area contributed by atoms with Gasteiger partial charge in [0, 0.05) is 37.2 Å². The molecular formula is C16H18N2O3. The predicted molar refractivity (Wildman–Crippen MR) is 77.7 cm³/mol. The third-order valence-corrected chi connectivity index (χ3v) is 4.44. The zero-order chi connectivity index (χ0) is 14.8. The number of nitrogens with zero attached hydrogens (tertiary/aromatic N) is 1. The second-order valence-corrected chi connectivity index (χ2v) is 5.72. The maximum atomic E-state index is 11.2. The molecule has 0 bridgehead atoms. The zero-order valence-electron chi connectivity index (χ0n) is 11.7. The van der Waals surface area contributed by atoms with Gasteiger partial charge in [-0.3, -0.25) is 4.90 Å². The lowest BCUT2D eigenvalue weighted by Crippen LogP contribution is -2.40. The summed E-state index contributed by atoms with van der Waals surface area (Å²) in [4.78, 5) is 24.2. The lowest BCUT2D eigenvalue weighted by atomic mass is 9.97. The highest BCUT2D eigenvalue weighted by Crippen LogP contribution is 2.31. The van der Waals surface area contributed by atoms with E-state index in [1.807, 2.05) is 18.1 Å². The van der Waals surface area contributed by atoms with E-state index in [0.717, 1.165) is 19.5 Å². The highest BCUT2D eigenvalue weighted by Gasteiger charge is 2.36. The van der Waals surface area contributed by atoms with E-state index in [2.05, 4.69) is 22.3 Å². The first-order valence-electron chi connectivity index (χ1n) is 7.21. The Morgan fingerprint density at radius 2 is 2.10 bits per heavy atom. The van der Waals surface area contributed by atoms with Crippen LogP contribution in [0.3, 0.4) is 0 Å². The van der Waals surface area contributed by atoms with Crippen LogP contribution in [0.2, 0.25) is 0 Å². The van der Waals surface area contributed by atoms with Gasteiger partial charge in [-0.05, 0) is 24.0 Å². The van der Waals surface area contributed by atoms with E-state index in [4.69, 9.17) is 5.11 Å². The molecule has 1 aliphatic carbocycles. The van der Waals surface area contributed by atoms with E-state index >= 15 is 0 Å². The molecule has 5 heteroatoms. The lowest BCUT2D eigenvalue weighted by molar-refractivity contribution is 0.183. The van der Waals surface area contributed by atoms with Crippen LogP contribution in [0.4, 0.5) is 4.79 Å². The second kappa shape index (κ2) is 5.72. The van der Waals surface area contributed by atoms with Crippen LogP contribution < -0.4 is 5.32 Å². The van der Waals surface area contributed by atoms with E-state index in [-0.39, 0.29) is 12.1 Å². The van der Waals surface area contributed by atoms with Crippen LogP contribution in [0, 0.1) is 0 Å². The van der Waals surface area contributed by atoms with Crippen molar-refractivity contribution >= 4 is 12.0 Å². The standard InChI is InChI=1S/C16H18N2O3/c19-10-13-7-14(17-16(20)21)8-15(13)18-6-5-11-3-1-2-4-12(11)9-18/h1-4,14-15,17H,5-9H2,(H,20,21). The summed E-state index contributed by atoms with van der Waals surface area (Å²) >= 11 is 0. The molecule has 1 aliphatic heterocycles. The molecule has 2 aliphatic rings. The number of rotatable bonds is 2. The molecule has 1 aromatic carbocycles. The molecule has 1 aromatic rings. The molecule has 0 saturated heterocycles. The number of nitrogens with one attached hydrogen (secondary N) is 1. The van der Waals surface area contributed by atoms with Crippen molar-refractivity contribution in [3.8, 4) is 0 Å². The van der Waals surface area contributed by atoms with Gasteiger partial charge < -0.3 is 10.4 Å². The van der Waals surface area contributed by atoms with Crippen molar-refractivity contribution in [1.82, 2.24) is 10.2 Å². The first-order chi connectivity index (χ1) is 10.2. The van der Waals surface area contributed by atoms with Gasteiger partial charge in [-0.2, -0.15) is 0 Å². The molecule has 1 heterocycles. The first-order valence-corrected chi connectivity index (χ1v) is 7.21. The van der Waals surface area contributed by atoms with Gasteiger partial charge in [-0.1, -0.05) is 24.3 Å². The summed E-state index contributed by atoms with van der Waals surface area (Å²) in [6.07, 6.45) is 1.06. The van der Waals surface area contributed by atoms with Crippen LogP contribution in [0.5, 0.6) is 0 Å². The Morgan fingerprint density at radius 3 is 2.81 bits per heavy atom. The van der Waals surface area contributed by atoms with Gasteiger partial charge in [0.25, 0.3) is 0 Å². The molecule has 2 N–H and O–H groups in total. The van der Waals surface area contributed by atoms with Crippen molar-refractivity contribution in [1.29, 1.82) is 0 Å². The summed E-state index contributed by atoms with van der Waals surface area (Å²) in [5, 5.41) is 11.3. The molecule has 0 aromatic heterocycles. The van der Waals surface area contributed by atoms with E-state index < -0.39 is 6.09 Å². The molecule has 0 spiro atoms. The third-order valence-electron chi connectivity index (χ3n) is 4.44. The van der Waals surface area contributed by atoms with Crippen LogP contribution in [-0.2, 0) is 17.8 Å². The molecule has 1 saturated carbocycles. The number of benzene rings is 1. The van der Waals surface area contributed by atoms with Gasteiger partial charge in [0.1, 0.15) is 5.94 Å². The van der Waals surface area contributed by atoms with Gasteiger partial charge in [-0.25, -0.2) is 9.59 Å². The molecule has 0 radical (unpaired) electrons. The summed E-state index contributed by atoms with van der Waals surface area (Å²) in [7, 11) is 0. The SMILES string of the molecule is O=C=C1CC(NC(=O)O)CC1N1CCc2ccccc2C1. The van der Waals surface area contributed by atoms with E-state index in [0.29, 0.717) is 18.4 Å². The third kappa shape index (κ3) is 2.84. The van der Waals surface area contributed by atoms with Crippen molar-refractivity contribution in [2.75, 3.05) is 6.54 Å². The summed E-state index contributed by atoms with van der Waals surface area (Å²) < 4.78 is 0. The van der Waals surface area contributed by atoms with Gasteiger partial charge in [0.15, 0.2) is 0 Å². The molecule has 2 unspecified atom stereocenters. The number of fused-ring (bicyclic) bond motifs is 1. The number of carbonyl (C=O) groups excluding carboxylic acids is 1. The van der Waals surface area contributed by atoms with Crippen molar-refractivity contribution in [3.63, 3.8) is 0 Å². The summed E-state index contributed by atoms with van der Waals surface area (Å²) in [5.74, 6) is 2.03. The first kappa shape index (κ1) is 13.9. The van der Waals surface area contributed by atoms with E-state index in [9.17, 15) is 9.59 Å². The Labute approximate surface area is 123 Å². The second-order valence-electron chi connectivity index (χ2n) is 5.72. The van der Waals surface area contributed by atoms with E-state index in [1.165, 1.54) is 11.1 Å². The summed E-state index contributed by atoms with van der Waals surface area (Å²) in [6.45, 7) is 1.71. The van der Waals surface area contributed by atoms with Gasteiger partial charge in [0.05, 0.1) is 0 Å². The van der Waals surface area contributed by atoms with Crippen LogP contribution >= 0.6 is 0 Å². The monoisotopic (exact) mass is 286 g/mol. The van der Waals surface area contributed by atoms with Crippen LogP contribution in [0.25, 0.3) is 0 Å². The average Bonchev–Trinajstić information content (AvgIpc) is 2.89. The fourth-order valence-electron chi connectivity index (χ4n) is 3.44. The zero-order valence-corrected chi connectivity index (χ0v) is 11.7. The molecule has 1 amide bonds. The number of carboxylic acid groups (broad SMARTS) is 1. The Bertz CT molecular complexity index is 607. The maximum Gasteiger partial charge on any atom is 0.404 e. The minimum Gasteiger partial charge on any atom is -0.465 e. The Kier molecular flexibility index (Phi) is 3.78. The van der Waals surface area contributed by atoms with Gasteiger partial charge in [0.2, 0.25) is 0 Å². The normalized spacial score (nSPS) is 25.2. The molecule has 5 nitrogen and oxygen atoms in total. The predicted octanol–water partition coefficient (Wildman–Crippen LogP) is 1.60. The van der Waals surface area contributed by atoms with Crippen molar-refractivity contribution < 1.29 is 14.7 Å².